The first kappa shape index (κ1) is 10.1. The number of thiophene rings is 1. The van der Waals surface area contributed by atoms with Crippen LogP contribution in [-0.2, 0) is 0 Å². The van der Waals surface area contributed by atoms with Crippen LogP contribution < -0.4 is 0 Å². The summed E-state index contributed by atoms with van der Waals surface area (Å²) in [4.78, 5) is 11.4. The Bertz CT molecular complexity index is 497. The normalized spacial score (nSPS) is 10.3. The van der Waals surface area contributed by atoms with Gasteiger partial charge in [-0.3, -0.25) is 4.79 Å². The molecule has 1 aromatic heterocycles. The molecule has 0 aliphatic heterocycles. The maximum absolute atomic E-state index is 10.6. The number of hydrogen-bond donors (Lipinski definition) is 0. The molecule has 1 heterocycles. The minimum absolute atomic E-state index is 0.782. The van der Waals surface area contributed by atoms with Crippen molar-refractivity contribution in [1.29, 1.82) is 0 Å². The number of benzene rings is 1. The first-order chi connectivity index (χ1) is 7.20. The van der Waals surface area contributed by atoms with E-state index in [4.69, 9.17) is 0 Å². The Labute approximate surface area is 93.4 Å². The summed E-state index contributed by atoms with van der Waals surface area (Å²) in [5.74, 6) is 0. The second kappa shape index (κ2) is 3.99. The Morgan fingerprint density at radius 3 is 2.60 bits per heavy atom. The molecule has 0 radical (unpaired) electrons. The van der Waals surface area contributed by atoms with Gasteiger partial charge >= 0.3 is 0 Å². The van der Waals surface area contributed by atoms with Gasteiger partial charge in [0.15, 0.2) is 6.29 Å². The molecule has 0 saturated carbocycles. The molecule has 0 bridgehead atoms. The van der Waals surface area contributed by atoms with E-state index >= 15 is 0 Å². The van der Waals surface area contributed by atoms with E-state index in [9.17, 15) is 4.79 Å². The Hall–Kier alpha value is -1.41. The minimum Gasteiger partial charge on any atom is -0.297 e. The van der Waals surface area contributed by atoms with Gasteiger partial charge < -0.3 is 0 Å². The fourth-order valence-corrected chi connectivity index (χ4v) is 2.40. The third-order valence-electron chi connectivity index (χ3n) is 2.43. The molecule has 0 unspecified atom stereocenters. The van der Waals surface area contributed by atoms with Crippen molar-refractivity contribution in [3.05, 3.63) is 45.6 Å². The zero-order valence-corrected chi connectivity index (χ0v) is 9.60. The van der Waals surface area contributed by atoms with E-state index in [1.165, 1.54) is 28.0 Å². The number of aryl methyl sites for hydroxylation is 2. The Morgan fingerprint density at radius 1 is 1.20 bits per heavy atom. The molecule has 2 aromatic rings. The first-order valence-electron chi connectivity index (χ1n) is 4.82. The molecule has 2 heteroatoms. The Balaban J connectivity index is 2.49. The van der Waals surface area contributed by atoms with Crippen LogP contribution in [0, 0.1) is 13.8 Å². The monoisotopic (exact) mass is 216 g/mol. The molecule has 0 aliphatic carbocycles. The van der Waals surface area contributed by atoms with Gasteiger partial charge in [-0.1, -0.05) is 23.8 Å². The number of carbonyl (C=O) groups is 1. The highest BCUT2D eigenvalue weighted by atomic mass is 32.1. The molecule has 76 valence electrons. The molecule has 0 aliphatic rings. The molecule has 0 saturated heterocycles. The SMILES string of the molecule is Cc1ccc(-c2csc(C=O)c2)c(C)c1. The van der Waals surface area contributed by atoms with Crippen molar-refractivity contribution >= 4 is 17.6 Å². The zero-order chi connectivity index (χ0) is 10.8. The van der Waals surface area contributed by atoms with E-state index in [0.29, 0.717) is 0 Å². The lowest BCUT2D eigenvalue weighted by atomic mass is 10.0. The van der Waals surface area contributed by atoms with Crippen LogP contribution in [0.2, 0.25) is 0 Å². The number of hydrogen-bond acceptors (Lipinski definition) is 2. The standard InChI is InChI=1S/C13H12OS/c1-9-3-4-13(10(2)5-9)11-6-12(7-14)15-8-11/h3-8H,1-2H3. The molecule has 0 fully saturated rings. The van der Waals surface area contributed by atoms with Crippen molar-refractivity contribution in [3.8, 4) is 11.1 Å². The van der Waals surface area contributed by atoms with Crippen LogP contribution in [0.15, 0.2) is 29.6 Å². The smallest absolute Gasteiger partial charge is 0.160 e. The van der Waals surface area contributed by atoms with E-state index in [0.717, 1.165) is 16.7 Å². The van der Waals surface area contributed by atoms with Crippen LogP contribution in [0.1, 0.15) is 20.8 Å². The van der Waals surface area contributed by atoms with Crippen molar-refractivity contribution in [1.82, 2.24) is 0 Å². The third kappa shape index (κ3) is 2.00. The number of aldehydes is 1. The highest BCUT2D eigenvalue weighted by molar-refractivity contribution is 7.12. The van der Waals surface area contributed by atoms with E-state index in [2.05, 4.69) is 32.0 Å². The van der Waals surface area contributed by atoms with Crippen LogP contribution in [0.4, 0.5) is 0 Å². The maximum atomic E-state index is 10.6. The summed E-state index contributed by atoms with van der Waals surface area (Å²) in [5, 5.41) is 2.03. The molecule has 0 N–H and O–H groups in total. The summed E-state index contributed by atoms with van der Waals surface area (Å²) >= 11 is 1.49. The second-order valence-electron chi connectivity index (χ2n) is 3.67. The molecule has 0 atom stereocenters. The van der Waals surface area contributed by atoms with E-state index in [1.54, 1.807) is 0 Å². The molecule has 0 amide bonds. The number of rotatable bonds is 2. The Morgan fingerprint density at radius 2 is 2.00 bits per heavy atom. The predicted octanol–water partition coefficient (Wildman–Crippen LogP) is 3.84. The molecular weight excluding hydrogens is 204 g/mol. The molecule has 15 heavy (non-hydrogen) atoms. The molecule has 1 aromatic carbocycles. The van der Waals surface area contributed by atoms with Crippen molar-refractivity contribution in [2.45, 2.75) is 13.8 Å². The van der Waals surface area contributed by atoms with Crippen molar-refractivity contribution < 1.29 is 4.79 Å². The van der Waals surface area contributed by atoms with Crippen LogP contribution >= 0.6 is 11.3 Å². The summed E-state index contributed by atoms with van der Waals surface area (Å²) in [7, 11) is 0. The average molecular weight is 216 g/mol. The highest BCUT2D eigenvalue weighted by Crippen LogP contribution is 2.28. The van der Waals surface area contributed by atoms with Crippen molar-refractivity contribution in [2.75, 3.05) is 0 Å². The summed E-state index contributed by atoms with van der Waals surface area (Å²) < 4.78 is 0. The minimum atomic E-state index is 0.782. The lowest BCUT2D eigenvalue weighted by Crippen LogP contribution is -1.82. The highest BCUT2D eigenvalue weighted by Gasteiger charge is 2.04. The van der Waals surface area contributed by atoms with Gasteiger partial charge in [-0.25, -0.2) is 0 Å². The lowest BCUT2D eigenvalue weighted by molar-refractivity contribution is 0.112. The number of carbonyl (C=O) groups excluding carboxylic acids is 1. The largest absolute Gasteiger partial charge is 0.297 e. The maximum Gasteiger partial charge on any atom is 0.160 e. The van der Waals surface area contributed by atoms with Gasteiger partial charge in [0.25, 0.3) is 0 Å². The fourth-order valence-electron chi connectivity index (χ4n) is 1.69. The second-order valence-corrected chi connectivity index (χ2v) is 4.62. The van der Waals surface area contributed by atoms with Gasteiger partial charge in [0.1, 0.15) is 0 Å². The molecule has 1 nitrogen and oxygen atoms in total. The zero-order valence-electron chi connectivity index (χ0n) is 8.78. The first-order valence-corrected chi connectivity index (χ1v) is 5.70. The lowest BCUT2D eigenvalue weighted by Gasteiger charge is -2.04. The van der Waals surface area contributed by atoms with Crippen molar-refractivity contribution in [3.63, 3.8) is 0 Å². The summed E-state index contributed by atoms with van der Waals surface area (Å²) in [6, 6.07) is 8.31. The van der Waals surface area contributed by atoms with E-state index < -0.39 is 0 Å². The van der Waals surface area contributed by atoms with E-state index in [1.807, 2.05) is 11.4 Å². The van der Waals surface area contributed by atoms with Crippen LogP contribution in [0.3, 0.4) is 0 Å². The van der Waals surface area contributed by atoms with Crippen LogP contribution in [0.25, 0.3) is 11.1 Å². The molecular formula is C13H12OS. The van der Waals surface area contributed by atoms with Gasteiger partial charge in [-0.05, 0) is 42.0 Å². The molecule has 2 rings (SSSR count). The summed E-state index contributed by atoms with van der Waals surface area (Å²) in [6.07, 6.45) is 0.900. The summed E-state index contributed by atoms with van der Waals surface area (Å²) in [5.41, 5.74) is 4.87. The quantitative estimate of drug-likeness (QED) is 0.697. The topological polar surface area (TPSA) is 17.1 Å². The van der Waals surface area contributed by atoms with Crippen LogP contribution in [0.5, 0.6) is 0 Å². The molecule has 0 spiro atoms. The van der Waals surface area contributed by atoms with Gasteiger partial charge in [0.05, 0.1) is 4.88 Å². The third-order valence-corrected chi connectivity index (χ3v) is 3.29. The van der Waals surface area contributed by atoms with Gasteiger partial charge in [-0.15, -0.1) is 11.3 Å². The fraction of sp³-hybridized carbons (Fsp3) is 0.154. The predicted molar refractivity (Wildman–Crippen MR) is 64.6 cm³/mol. The van der Waals surface area contributed by atoms with E-state index in [-0.39, 0.29) is 0 Å². The van der Waals surface area contributed by atoms with Crippen molar-refractivity contribution in [2.24, 2.45) is 0 Å². The van der Waals surface area contributed by atoms with Gasteiger partial charge in [-0.2, -0.15) is 0 Å². The van der Waals surface area contributed by atoms with Gasteiger partial charge in [0, 0.05) is 0 Å². The summed E-state index contributed by atoms with van der Waals surface area (Å²) in [6.45, 7) is 4.18. The van der Waals surface area contributed by atoms with Crippen LogP contribution in [-0.4, -0.2) is 6.29 Å². The average Bonchev–Trinajstić information content (AvgIpc) is 2.66. The van der Waals surface area contributed by atoms with Gasteiger partial charge in [0.2, 0.25) is 0 Å². The Kier molecular flexibility index (Phi) is 2.69.